The molecule has 2 heterocycles. The molecule has 2 aliphatic heterocycles. The second kappa shape index (κ2) is 18.5. The van der Waals surface area contributed by atoms with Gasteiger partial charge < -0.3 is 31.8 Å². The van der Waals surface area contributed by atoms with Crippen molar-refractivity contribution in [3.63, 3.8) is 0 Å². The van der Waals surface area contributed by atoms with Crippen molar-refractivity contribution in [3.8, 4) is 0 Å². The third kappa shape index (κ3) is 11.9. The number of hydrogen-bond acceptors (Lipinski definition) is 2. The molecule has 0 N–H and O–H groups in total. The smallest absolute Gasteiger partial charge is 1.00 e. The SMILES string of the molecule is C1CCOC1.C1CCOC1.C=C([N-]c1c(C(C)C)cccc1C(C)C)c1ccccc1.[Br-].[Mg+2]. The van der Waals surface area contributed by atoms with E-state index in [4.69, 9.17) is 14.8 Å². The number of ether oxygens (including phenoxy) is 2. The van der Waals surface area contributed by atoms with Gasteiger partial charge in [-0.05, 0) is 43.1 Å². The van der Waals surface area contributed by atoms with E-state index in [1.165, 1.54) is 36.8 Å². The van der Waals surface area contributed by atoms with E-state index >= 15 is 0 Å². The van der Waals surface area contributed by atoms with E-state index in [-0.39, 0.29) is 40.0 Å². The summed E-state index contributed by atoms with van der Waals surface area (Å²) in [6.07, 6.45) is 5.11. The van der Waals surface area contributed by atoms with E-state index in [2.05, 4.69) is 64.6 Å². The summed E-state index contributed by atoms with van der Waals surface area (Å²) in [5.74, 6) is 0.900. The van der Waals surface area contributed by atoms with Gasteiger partial charge in [-0.25, -0.2) is 0 Å². The summed E-state index contributed by atoms with van der Waals surface area (Å²) >= 11 is 0. The van der Waals surface area contributed by atoms with Crippen LogP contribution in [0.3, 0.4) is 0 Å². The second-order valence-electron chi connectivity index (χ2n) is 8.66. The summed E-state index contributed by atoms with van der Waals surface area (Å²) < 4.78 is 9.89. The Balaban J connectivity index is 0.000000701. The minimum Gasteiger partial charge on any atom is -1.00 e. The molecule has 0 aliphatic carbocycles. The van der Waals surface area contributed by atoms with Crippen LogP contribution in [0.1, 0.15) is 81.9 Å². The van der Waals surface area contributed by atoms with Gasteiger partial charge in [0.1, 0.15) is 0 Å². The van der Waals surface area contributed by atoms with Gasteiger partial charge in [0, 0.05) is 26.4 Å². The average Bonchev–Trinajstić information content (AvgIpc) is 3.53. The molecule has 3 nitrogen and oxygen atoms in total. The molecule has 2 saturated heterocycles. The Labute approximate surface area is 228 Å². The molecule has 0 radical (unpaired) electrons. The van der Waals surface area contributed by atoms with Crippen LogP contribution in [-0.4, -0.2) is 49.5 Å². The molecule has 178 valence electrons. The third-order valence-electron chi connectivity index (χ3n) is 5.35. The quantitative estimate of drug-likeness (QED) is 0.523. The van der Waals surface area contributed by atoms with Crippen molar-refractivity contribution in [3.05, 3.63) is 77.1 Å². The minimum atomic E-state index is 0. The predicted octanol–water partition coefficient (Wildman–Crippen LogP) is 4.83. The molecule has 0 unspecified atom stereocenters. The first-order valence-corrected chi connectivity index (χ1v) is 11.7. The molecule has 2 fully saturated rings. The van der Waals surface area contributed by atoms with E-state index in [1.807, 2.05) is 18.2 Å². The van der Waals surface area contributed by atoms with Crippen molar-refractivity contribution < 1.29 is 26.5 Å². The first kappa shape index (κ1) is 32.1. The molecule has 33 heavy (non-hydrogen) atoms. The Kier molecular flexibility index (Phi) is 18.0. The van der Waals surface area contributed by atoms with Crippen LogP contribution in [0, 0.1) is 0 Å². The zero-order valence-electron chi connectivity index (χ0n) is 21.0. The Hall–Kier alpha value is -0.854. The molecule has 0 aromatic heterocycles. The minimum absolute atomic E-state index is 0. The first-order chi connectivity index (χ1) is 15.0. The molecule has 0 amide bonds. The molecule has 0 saturated carbocycles. The van der Waals surface area contributed by atoms with Gasteiger partial charge in [0.25, 0.3) is 0 Å². The maximum Gasteiger partial charge on any atom is 2.00 e. The Morgan fingerprint density at radius 1 is 0.727 bits per heavy atom. The molecule has 2 aromatic carbocycles. The van der Waals surface area contributed by atoms with Crippen molar-refractivity contribution in [2.45, 2.75) is 65.2 Å². The number of hydrogen-bond donors (Lipinski definition) is 0. The fourth-order valence-corrected chi connectivity index (χ4v) is 3.49. The maximum absolute atomic E-state index is 4.94. The van der Waals surface area contributed by atoms with Crippen LogP contribution >= 0.6 is 0 Å². The number of para-hydroxylation sites is 1. The Morgan fingerprint density at radius 2 is 1.15 bits per heavy atom. The molecular weight excluding hydrogens is 487 g/mol. The summed E-state index contributed by atoms with van der Waals surface area (Å²) in [6, 6.07) is 16.6. The zero-order chi connectivity index (χ0) is 22.5. The van der Waals surface area contributed by atoms with Gasteiger partial charge in [-0.1, -0.05) is 87.4 Å². The summed E-state index contributed by atoms with van der Waals surface area (Å²) in [5.41, 5.74) is 5.57. The molecule has 2 aromatic rings. The van der Waals surface area contributed by atoms with Gasteiger partial charge in [-0.15, -0.1) is 18.0 Å². The standard InChI is InChI=1S/C20H24N.2C4H8O.BrH.Mg/c1-14(2)18-12-9-13-19(15(3)4)20(18)21-16(5)17-10-7-6-8-11-17;2*1-2-4-5-3-1;;/h6-15H,5H2,1-4H3;2*1-4H2;1H;/q-1;;;;+2/p-1. The van der Waals surface area contributed by atoms with Crippen molar-refractivity contribution in [2.24, 2.45) is 0 Å². The van der Waals surface area contributed by atoms with Crippen molar-refractivity contribution in [1.82, 2.24) is 0 Å². The number of nitrogens with zero attached hydrogens (tertiary/aromatic N) is 1. The van der Waals surface area contributed by atoms with Gasteiger partial charge in [-0.2, -0.15) is 0 Å². The van der Waals surface area contributed by atoms with Crippen molar-refractivity contribution in [1.29, 1.82) is 0 Å². The Bertz CT molecular complexity index is 721. The van der Waals surface area contributed by atoms with E-state index in [1.54, 1.807) is 0 Å². The molecular formula is C28H40BrMgNO2. The van der Waals surface area contributed by atoms with Crippen LogP contribution in [0.25, 0.3) is 11.0 Å². The summed E-state index contributed by atoms with van der Waals surface area (Å²) in [4.78, 5) is 0. The Morgan fingerprint density at radius 3 is 1.48 bits per heavy atom. The van der Waals surface area contributed by atoms with Gasteiger partial charge in [0.05, 0.1) is 0 Å². The summed E-state index contributed by atoms with van der Waals surface area (Å²) in [5, 5.41) is 4.88. The fourth-order valence-electron chi connectivity index (χ4n) is 3.49. The number of benzene rings is 2. The van der Waals surface area contributed by atoms with Crippen LogP contribution in [0.15, 0.2) is 55.1 Å². The fraction of sp³-hybridized carbons (Fsp3) is 0.500. The van der Waals surface area contributed by atoms with Crippen LogP contribution in [0.2, 0.25) is 0 Å². The van der Waals surface area contributed by atoms with Crippen LogP contribution < -0.4 is 17.0 Å². The first-order valence-electron chi connectivity index (χ1n) is 11.7. The topological polar surface area (TPSA) is 32.6 Å². The van der Waals surface area contributed by atoms with Crippen LogP contribution in [-0.2, 0) is 9.47 Å². The maximum atomic E-state index is 4.94. The number of rotatable bonds is 5. The monoisotopic (exact) mass is 525 g/mol. The molecule has 0 atom stereocenters. The molecule has 0 spiro atoms. The molecule has 2 aliphatic rings. The molecule has 4 rings (SSSR count). The van der Waals surface area contributed by atoms with Gasteiger partial charge >= 0.3 is 23.1 Å². The average molecular weight is 527 g/mol. The van der Waals surface area contributed by atoms with Crippen molar-refractivity contribution >= 4 is 34.4 Å². The van der Waals surface area contributed by atoms with Gasteiger partial charge in [0.2, 0.25) is 0 Å². The largest absolute Gasteiger partial charge is 2.00 e. The summed E-state index contributed by atoms with van der Waals surface area (Å²) in [7, 11) is 0. The molecule has 0 bridgehead atoms. The third-order valence-corrected chi connectivity index (χ3v) is 5.35. The van der Waals surface area contributed by atoms with Crippen LogP contribution in [0.5, 0.6) is 0 Å². The normalized spacial score (nSPS) is 14.2. The van der Waals surface area contributed by atoms with Gasteiger partial charge in [0.15, 0.2) is 0 Å². The van der Waals surface area contributed by atoms with Crippen molar-refractivity contribution in [2.75, 3.05) is 26.4 Å². The van der Waals surface area contributed by atoms with E-state index < -0.39 is 0 Å². The molecule has 5 heteroatoms. The second-order valence-corrected chi connectivity index (χ2v) is 8.66. The van der Waals surface area contributed by atoms with Gasteiger partial charge in [-0.3, -0.25) is 0 Å². The van der Waals surface area contributed by atoms with E-state index in [0.717, 1.165) is 43.4 Å². The number of halogens is 1. The summed E-state index contributed by atoms with van der Waals surface area (Å²) in [6.45, 7) is 17.0. The van der Waals surface area contributed by atoms with Crippen LogP contribution in [0.4, 0.5) is 5.69 Å². The predicted molar refractivity (Wildman–Crippen MR) is 139 cm³/mol. The van der Waals surface area contributed by atoms with E-state index in [0.29, 0.717) is 11.8 Å². The van der Waals surface area contributed by atoms with E-state index in [9.17, 15) is 0 Å². The zero-order valence-corrected chi connectivity index (χ0v) is 24.0.